The summed E-state index contributed by atoms with van der Waals surface area (Å²) in [6, 6.07) is 8.14. The van der Waals surface area contributed by atoms with Crippen molar-refractivity contribution >= 4 is 33.4 Å². The minimum Gasteiger partial charge on any atom is -0.435 e. The van der Waals surface area contributed by atoms with Crippen molar-refractivity contribution < 1.29 is 18.3 Å². The van der Waals surface area contributed by atoms with Crippen LogP contribution >= 0.6 is 11.3 Å². The number of thiazole rings is 1. The molecule has 1 N–H and O–H groups in total. The summed E-state index contributed by atoms with van der Waals surface area (Å²) in [5.41, 5.74) is 4.32. The van der Waals surface area contributed by atoms with E-state index in [1.807, 2.05) is 27.0 Å². The lowest BCUT2D eigenvalue weighted by Crippen LogP contribution is -2.13. The molecule has 0 saturated heterocycles. The number of alkyl halides is 2. The van der Waals surface area contributed by atoms with Gasteiger partial charge in [0.05, 0.1) is 22.3 Å². The predicted molar refractivity (Wildman–Crippen MR) is 122 cm³/mol. The first-order chi connectivity index (χ1) is 15.8. The molecule has 1 aromatic carbocycles. The van der Waals surface area contributed by atoms with Crippen LogP contribution in [0.2, 0.25) is 0 Å². The molecule has 3 aromatic heterocycles. The monoisotopic (exact) mass is 469 g/mol. The number of ether oxygens (including phenoxy) is 1. The Morgan fingerprint density at radius 2 is 1.94 bits per heavy atom. The SMILES string of the molecule is Cc1sc(NC(=O)c2cc(C3CC3)nc3c2c(C)nn3C)nc1-c1ccc(OC(F)F)cc1. The number of benzene rings is 1. The van der Waals surface area contributed by atoms with Gasteiger partial charge >= 0.3 is 6.61 Å². The van der Waals surface area contributed by atoms with E-state index in [1.165, 1.54) is 23.5 Å². The van der Waals surface area contributed by atoms with Gasteiger partial charge in [-0.25, -0.2) is 9.97 Å². The van der Waals surface area contributed by atoms with Gasteiger partial charge in [-0.15, -0.1) is 11.3 Å². The van der Waals surface area contributed by atoms with Crippen LogP contribution in [0.3, 0.4) is 0 Å². The molecule has 1 amide bonds. The Morgan fingerprint density at radius 3 is 2.61 bits per heavy atom. The highest BCUT2D eigenvalue weighted by Crippen LogP contribution is 2.40. The molecule has 170 valence electrons. The standard InChI is InChI=1S/C23H21F2N5O2S/c1-11-18-16(10-17(13-4-5-13)26-20(18)30(3)29-11)21(31)28-23-27-19(12(2)33-23)14-6-8-15(9-7-14)32-22(24)25/h6-10,13,22H,4-5H2,1-3H3,(H,27,28,31). The third kappa shape index (κ3) is 4.18. The number of anilines is 1. The molecule has 1 aliphatic carbocycles. The van der Waals surface area contributed by atoms with Crippen LogP contribution in [0, 0.1) is 13.8 Å². The number of nitrogens with one attached hydrogen (secondary N) is 1. The summed E-state index contributed by atoms with van der Waals surface area (Å²) in [6.45, 7) is 0.889. The zero-order valence-corrected chi connectivity index (χ0v) is 19.0. The number of nitrogens with zero attached hydrogens (tertiary/aromatic N) is 4. The molecule has 0 spiro atoms. The van der Waals surface area contributed by atoms with Crippen molar-refractivity contribution in [3.8, 4) is 17.0 Å². The normalized spacial score (nSPS) is 13.6. The molecule has 7 nitrogen and oxygen atoms in total. The van der Waals surface area contributed by atoms with Crippen LogP contribution in [0.15, 0.2) is 30.3 Å². The first-order valence-corrected chi connectivity index (χ1v) is 11.3. The zero-order chi connectivity index (χ0) is 23.3. The maximum atomic E-state index is 13.3. The van der Waals surface area contributed by atoms with Crippen molar-refractivity contribution in [3.05, 3.63) is 52.2 Å². The molecule has 1 saturated carbocycles. The van der Waals surface area contributed by atoms with Gasteiger partial charge in [0.25, 0.3) is 5.91 Å². The van der Waals surface area contributed by atoms with Gasteiger partial charge in [0.15, 0.2) is 10.8 Å². The number of aryl methyl sites for hydroxylation is 3. The van der Waals surface area contributed by atoms with Crippen LogP contribution < -0.4 is 10.1 Å². The summed E-state index contributed by atoms with van der Waals surface area (Å²) in [5, 5.41) is 8.57. The molecule has 1 fully saturated rings. The summed E-state index contributed by atoms with van der Waals surface area (Å²) in [5.74, 6) is 0.207. The van der Waals surface area contributed by atoms with Gasteiger partial charge in [0.2, 0.25) is 0 Å². The molecule has 0 atom stereocenters. The number of hydrogen-bond donors (Lipinski definition) is 1. The van der Waals surface area contributed by atoms with E-state index in [0.717, 1.165) is 40.1 Å². The molecule has 33 heavy (non-hydrogen) atoms. The average molecular weight is 470 g/mol. The number of fused-ring (bicyclic) bond motifs is 1. The van der Waals surface area contributed by atoms with Crippen LogP contribution in [0.4, 0.5) is 13.9 Å². The molecule has 0 unspecified atom stereocenters. The van der Waals surface area contributed by atoms with Crippen molar-refractivity contribution in [2.45, 2.75) is 39.2 Å². The van der Waals surface area contributed by atoms with Gasteiger partial charge in [-0.1, -0.05) is 0 Å². The average Bonchev–Trinajstić information content (AvgIpc) is 3.50. The Morgan fingerprint density at radius 1 is 1.21 bits per heavy atom. The minimum atomic E-state index is -2.87. The number of carbonyl (C=O) groups is 1. The summed E-state index contributed by atoms with van der Waals surface area (Å²) < 4.78 is 30.9. The molecule has 10 heteroatoms. The smallest absolute Gasteiger partial charge is 0.387 e. The molecule has 0 aliphatic heterocycles. The van der Waals surface area contributed by atoms with E-state index in [0.29, 0.717) is 28.0 Å². The highest BCUT2D eigenvalue weighted by atomic mass is 32.1. The Labute approximate surface area is 192 Å². The van der Waals surface area contributed by atoms with E-state index >= 15 is 0 Å². The first kappa shape index (κ1) is 21.4. The Hall–Kier alpha value is -3.40. The molecule has 5 rings (SSSR count). The van der Waals surface area contributed by atoms with Crippen LogP contribution in [0.25, 0.3) is 22.3 Å². The fourth-order valence-corrected chi connectivity index (χ4v) is 4.74. The molecule has 0 radical (unpaired) electrons. The van der Waals surface area contributed by atoms with Crippen molar-refractivity contribution in [1.29, 1.82) is 0 Å². The Bertz CT molecular complexity index is 1360. The fourth-order valence-electron chi connectivity index (χ4n) is 3.91. The number of amides is 1. The second kappa shape index (κ2) is 8.18. The quantitative estimate of drug-likeness (QED) is 0.407. The lowest BCUT2D eigenvalue weighted by molar-refractivity contribution is -0.0498. The number of halogens is 2. The number of hydrogen-bond acceptors (Lipinski definition) is 6. The second-order valence-corrected chi connectivity index (χ2v) is 9.26. The van der Waals surface area contributed by atoms with E-state index in [9.17, 15) is 13.6 Å². The number of aromatic nitrogens is 4. The third-order valence-electron chi connectivity index (χ3n) is 5.60. The summed E-state index contributed by atoms with van der Waals surface area (Å²) in [4.78, 5) is 23.5. The molecule has 4 aromatic rings. The molecule has 0 bridgehead atoms. The number of carbonyl (C=O) groups excluding carboxylic acids is 1. The molecular formula is C23H21F2N5O2S. The Kier molecular flexibility index (Phi) is 5.32. The van der Waals surface area contributed by atoms with E-state index in [1.54, 1.807) is 16.8 Å². The lowest BCUT2D eigenvalue weighted by atomic mass is 10.1. The van der Waals surface area contributed by atoms with Crippen molar-refractivity contribution in [1.82, 2.24) is 19.7 Å². The van der Waals surface area contributed by atoms with Crippen LogP contribution in [-0.2, 0) is 7.05 Å². The summed E-state index contributed by atoms with van der Waals surface area (Å²) in [7, 11) is 1.83. The zero-order valence-electron chi connectivity index (χ0n) is 18.2. The maximum Gasteiger partial charge on any atom is 0.387 e. The highest BCUT2D eigenvalue weighted by molar-refractivity contribution is 7.16. The van der Waals surface area contributed by atoms with Crippen molar-refractivity contribution in [2.75, 3.05) is 5.32 Å². The predicted octanol–water partition coefficient (Wildman–Crippen LogP) is 5.44. The molecular weight excluding hydrogens is 448 g/mol. The van der Waals surface area contributed by atoms with Gasteiger partial charge in [-0.3, -0.25) is 14.8 Å². The largest absolute Gasteiger partial charge is 0.435 e. The topological polar surface area (TPSA) is 81.9 Å². The first-order valence-electron chi connectivity index (χ1n) is 10.5. The second-order valence-electron chi connectivity index (χ2n) is 8.06. The minimum absolute atomic E-state index is 0.0789. The van der Waals surface area contributed by atoms with E-state index in [2.05, 4.69) is 20.1 Å². The number of rotatable bonds is 6. The number of pyridine rings is 1. The van der Waals surface area contributed by atoms with Gasteiger partial charge in [-0.05, 0) is 57.0 Å². The van der Waals surface area contributed by atoms with Gasteiger partial charge < -0.3 is 4.74 Å². The van der Waals surface area contributed by atoms with Crippen LogP contribution in [0.5, 0.6) is 5.75 Å². The van der Waals surface area contributed by atoms with Crippen molar-refractivity contribution in [3.63, 3.8) is 0 Å². The fraction of sp³-hybridized carbons (Fsp3) is 0.304. The Balaban J connectivity index is 1.44. The van der Waals surface area contributed by atoms with Gasteiger partial charge in [-0.2, -0.15) is 13.9 Å². The van der Waals surface area contributed by atoms with E-state index in [4.69, 9.17) is 4.98 Å². The summed E-state index contributed by atoms with van der Waals surface area (Å²) in [6.07, 6.45) is 2.15. The van der Waals surface area contributed by atoms with Gasteiger partial charge in [0, 0.05) is 29.1 Å². The van der Waals surface area contributed by atoms with Crippen molar-refractivity contribution in [2.24, 2.45) is 7.05 Å². The van der Waals surface area contributed by atoms with Crippen LogP contribution in [0.1, 0.15) is 45.4 Å². The van der Waals surface area contributed by atoms with E-state index < -0.39 is 6.61 Å². The lowest BCUT2D eigenvalue weighted by Gasteiger charge is -2.07. The van der Waals surface area contributed by atoms with Gasteiger partial charge in [0.1, 0.15) is 5.75 Å². The van der Waals surface area contributed by atoms with E-state index in [-0.39, 0.29) is 11.7 Å². The molecule has 1 aliphatic rings. The molecule has 3 heterocycles. The summed E-state index contributed by atoms with van der Waals surface area (Å²) >= 11 is 1.35. The third-order valence-corrected chi connectivity index (χ3v) is 6.48. The van der Waals surface area contributed by atoms with Crippen LogP contribution in [-0.4, -0.2) is 32.3 Å². The maximum absolute atomic E-state index is 13.3. The highest BCUT2D eigenvalue weighted by Gasteiger charge is 2.28.